The van der Waals surface area contributed by atoms with Crippen molar-refractivity contribution >= 4 is 35.6 Å². The Bertz CT molecular complexity index is 580. The summed E-state index contributed by atoms with van der Waals surface area (Å²) < 4.78 is 7.16. The molecule has 0 aliphatic rings. The molecule has 0 aromatic carbocycles. The molecule has 23 heavy (non-hydrogen) atoms. The first-order chi connectivity index (χ1) is 10.7. The minimum Gasteiger partial charge on any atom is -0.383 e. The molecule has 1 atom stereocenters. The topological polar surface area (TPSA) is 63.0 Å². The third-order valence-electron chi connectivity index (χ3n) is 3.20. The van der Waals surface area contributed by atoms with E-state index in [9.17, 15) is 0 Å². The summed E-state index contributed by atoms with van der Waals surface area (Å²) in [7, 11) is 1.70. The van der Waals surface area contributed by atoms with Crippen LogP contribution < -0.4 is 10.6 Å². The minimum absolute atomic E-state index is 0. The lowest BCUT2D eigenvalue weighted by Gasteiger charge is -2.16. The number of methoxy groups -OCH3 is 1. The van der Waals surface area contributed by atoms with E-state index in [1.165, 1.54) is 0 Å². The molecule has 0 saturated carbocycles. The fourth-order valence-electron chi connectivity index (χ4n) is 2.23. The Labute approximate surface area is 154 Å². The predicted octanol–water partition coefficient (Wildman–Crippen LogP) is 2.08. The standard InChI is InChI=1S/C16H25N5O.HI/c1-4-17-16(19-13(2)12-22-3)18-9-8-14-11-21-10-6-5-7-15(21)20-14;/h5-7,10-11,13H,4,8-9,12H2,1-3H3,(H2,17,18,19);1H. The van der Waals surface area contributed by atoms with E-state index in [4.69, 9.17) is 4.74 Å². The van der Waals surface area contributed by atoms with Crippen molar-refractivity contribution in [3.05, 3.63) is 36.3 Å². The van der Waals surface area contributed by atoms with Crippen molar-refractivity contribution in [3.8, 4) is 0 Å². The molecule has 7 heteroatoms. The lowest BCUT2D eigenvalue weighted by molar-refractivity contribution is 0.179. The average Bonchev–Trinajstić information content (AvgIpc) is 2.90. The van der Waals surface area contributed by atoms with Gasteiger partial charge in [-0.1, -0.05) is 6.07 Å². The summed E-state index contributed by atoms with van der Waals surface area (Å²) in [5.41, 5.74) is 2.02. The highest BCUT2D eigenvalue weighted by atomic mass is 127. The van der Waals surface area contributed by atoms with E-state index < -0.39 is 0 Å². The number of halogens is 1. The fraction of sp³-hybridized carbons (Fsp3) is 0.500. The van der Waals surface area contributed by atoms with Gasteiger partial charge < -0.3 is 19.8 Å². The largest absolute Gasteiger partial charge is 0.383 e. The zero-order chi connectivity index (χ0) is 15.8. The van der Waals surface area contributed by atoms with Gasteiger partial charge in [-0.2, -0.15) is 0 Å². The number of rotatable bonds is 7. The van der Waals surface area contributed by atoms with Crippen LogP contribution in [-0.4, -0.2) is 48.2 Å². The molecule has 128 valence electrons. The molecule has 2 aromatic heterocycles. The van der Waals surface area contributed by atoms with Gasteiger partial charge in [0.05, 0.1) is 12.3 Å². The molecule has 2 heterocycles. The summed E-state index contributed by atoms with van der Waals surface area (Å²) >= 11 is 0. The normalized spacial score (nSPS) is 12.7. The van der Waals surface area contributed by atoms with E-state index in [1.807, 2.05) is 28.8 Å². The number of nitrogens with zero attached hydrogens (tertiary/aromatic N) is 3. The van der Waals surface area contributed by atoms with Gasteiger partial charge in [0.15, 0.2) is 5.96 Å². The Kier molecular flexibility index (Phi) is 8.93. The molecule has 6 nitrogen and oxygen atoms in total. The lowest BCUT2D eigenvalue weighted by atomic mass is 10.3. The smallest absolute Gasteiger partial charge is 0.191 e. The lowest BCUT2D eigenvalue weighted by Crippen LogP contribution is -2.44. The van der Waals surface area contributed by atoms with Crippen molar-refractivity contribution in [1.82, 2.24) is 20.0 Å². The van der Waals surface area contributed by atoms with Gasteiger partial charge in [0, 0.05) is 45.1 Å². The summed E-state index contributed by atoms with van der Waals surface area (Å²) in [6.45, 7) is 6.30. The van der Waals surface area contributed by atoms with Crippen LogP contribution in [0.1, 0.15) is 19.5 Å². The Morgan fingerprint density at radius 2 is 2.26 bits per heavy atom. The first-order valence-electron chi connectivity index (χ1n) is 7.69. The maximum atomic E-state index is 5.13. The van der Waals surface area contributed by atoms with Gasteiger partial charge in [-0.25, -0.2) is 4.98 Å². The number of hydrogen-bond donors (Lipinski definition) is 2. The van der Waals surface area contributed by atoms with Gasteiger partial charge in [0.25, 0.3) is 0 Å². The molecule has 0 radical (unpaired) electrons. The summed E-state index contributed by atoms with van der Waals surface area (Å²) in [6, 6.07) is 6.22. The number of hydrogen-bond acceptors (Lipinski definition) is 3. The Hall–Kier alpha value is -1.35. The minimum atomic E-state index is 0. The first kappa shape index (κ1) is 19.7. The molecule has 2 N–H and O–H groups in total. The monoisotopic (exact) mass is 431 g/mol. The van der Waals surface area contributed by atoms with Crippen LogP contribution >= 0.6 is 24.0 Å². The van der Waals surface area contributed by atoms with E-state index in [-0.39, 0.29) is 30.0 Å². The zero-order valence-electron chi connectivity index (χ0n) is 14.0. The van der Waals surface area contributed by atoms with E-state index >= 15 is 0 Å². The number of ether oxygens (including phenoxy) is 1. The summed E-state index contributed by atoms with van der Waals surface area (Å²) in [5, 5.41) is 6.56. The number of imidazole rings is 1. The van der Waals surface area contributed by atoms with Crippen molar-refractivity contribution in [2.75, 3.05) is 26.8 Å². The van der Waals surface area contributed by atoms with Crippen LogP contribution in [0.15, 0.2) is 35.6 Å². The van der Waals surface area contributed by atoms with Crippen LogP contribution in [0, 0.1) is 0 Å². The third kappa shape index (κ3) is 6.34. The van der Waals surface area contributed by atoms with Gasteiger partial charge >= 0.3 is 0 Å². The van der Waals surface area contributed by atoms with Gasteiger partial charge in [-0.3, -0.25) is 4.99 Å². The highest BCUT2D eigenvalue weighted by Gasteiger charge is 2.05. The number of guanidine groups is 1. The summed E-state index contributed by atoms with van der Waals surface area (Å²) in [5.74, 6) is 0.816. The van der Waals surface area contributed by atoms with Gasteiger partial charge in [-0.15, -0.1) is 24.0 Å². The molecule has 1 unspecified atom stereocenters. The molecule has 2 aromatic rings. The predicted molar refractivity (Wildman–Crippen MR) is 105 cm³/mol. The number of fused-ring (bicyclic) bond motifs is 1. The van der Waals surface area contributed by atoms with Gasteiger partial charge in [0.2, 0.25) is 0 Å². The summed E-state index contributed by atoms with van der Waals surface area (Å²) in [4.78, 5) is 9.17. The van der Waals surface area contributed by atoms with E-state index in [0.29, 0.717) is 13.2 Å². The molecule has 0 saturated heterocycles. The quantitative estimate of drug-likeness (QED) is 0.401. The Balaban J connectivity index is 0.00000264. The van der Waals surface area contributed by atoms with Crippen molar-refractivity contribution in [2.24, 2.45) is 4.99 Å². The highest BCUT2D eigenvalue weighted by molar-refractivity contribution is 14.0. The van der Waals surface area contributed by atoms with Crippen LogP contribution in [0.5, 0.6) is 0 Å². The van der Waals surface area contributed by atoms with Crippen molar-refractivity contribution in [1.29, 1.82) is 0 Å². The SMILES string of the molecule is CCNC(=NCCc1cn2ccccc2n1)NC(C)COC.I. The van der Waals surface area contributed by atoms with Crippen molar-refractivity contribution in [2.45, 2.75) is 26.3 Å². The maximum Gasteiger partial charge on any atom is 0.191 e. The molecule has 0 spiro atoms. The molecule has 0 bridgehead atoms. The van der Waals surface area contributed by atoms with Crippen LogP contribution in [-0.2, 0) is 11.2 Å². The van der Waals surface area contributed by atoms with Gasteiger partial charge in [0.1, 0.15) is 5.65 Å². The summed E-state index contributed by atoms with van der Waals surface area (Å²) in [6.07, 6.45) is 4.88. The zero-order valence-corrected chi connectivity index (χ0v) is 16.3. The number of aliphatic imine (C=N–C) groups is 1. The van der Waals surface area contributed by atoms with E-state index in [0.717, 1.165) is 30.3 Å². The molecular weight excluding hydrogens is 405 g/mol. The maximum absolute atomic E-state index is 5.13. The van der Waals surface area contributed by atoms with Crippen LogP contribution in [0.2, 0.25) is 0 Å². The second kappa shape index (κ2) is 10.4. The van der Waals surface area contributed by atoms with E-state index in [1.54, 1.807) is 7.11 Å². The fourth-order valence-corrected chi connectivity index (χ4v) is 2.23. The highest BCUT2D eigenvalue weighted by Crippen LogP contribution is 2.05. The Morgan fingerprint density at radius 1 is 1.43 bits per heavy atom. The van der Waals surface area contributed by atoms with Gasteiger partial charge in [-0.05, 0) is 26.0 Å². The molecule has 0 aliphatic heterocycles. The van der Waals surface area contributed by atoms with Crippen molar-refractivity contribution < 1.29 is 4.74 Å². The van der Waals surface area contributed by atoms with Crippen LogP contribution in [0.3, 0.4) is 0 Å². The molecule has 2 rings (SSSR count). The van der Waals surface area contributed by atoms with Crippen LogP contribution in [0.25, 0.3) is 5.65 Å². The number of aromatic nitrogens is 2. The number of pyridine rings is 1. The number of nitrogens with one attached hydrogen (secondary N) is 2. The molecule has 0 amide bonds. The molecule has 0 aliphatic carbocycles. The molecule has 0 fully saturated rings. The van der Waals surface area contributed by atoms with Crippen LogP contribution in [0.4, 0.5) is 0 Å². The van der Waals surface area contributed by atoms with Crippen molar-refractivity contribution in [3.63, 3.8) is 0 Å². The average molecular weight is 431 g/mol. The van der Waals surface area contributed by atoms with E-state index in [2.05, 4.69) is 40.7 Å². The second-order valence-electron chi connectivity index (χ2n) is 5.21. The Morgan fingerprint density at radius 3 is 2.96 bits per heavy atom. The first-order valence-corrected chi connectivity index (χ1v) is 7.69. The second-order valence-corrected chi connectivity index (χ2v) is 5.21. The third-order valence-corrected chi connectivity index (χ3v) is 3.20. The molecular formula is C16H26IN5O.